The summed E-state index contributed by atoms with van der Waals surface area (Å²) in [6.45, 7) is 2.42. The van der Waals surface area contributed by atoms with E-state index in [-0.39, 0.29) is 5.56 Å². The Hall–Kier alpha value is -4.13. The first-order chi connectivity index (χ1) is 15.6. The summed E-state index contributed by atoms with van der Waals surface area (Å²) >= 11 is 0. The summed E-state index contributed by atoms with van der Waals surface area (Å²) in [6.07, 6.45) is 9.17. The molecule has 4 aromatic heterocycles. The van der Waals surface area contributed by atoms with E-state index >= 15 is 0 Å². The van der Waals surface area contributed by atoms with Crippen LogP contribution >= 0.6 is 0 Å². The van der Waals surface area contributed by atoms with Gasteiger partial charge >= 0.3 is 0 Å². The molecular formula is C25H22N4O3. The van der Waals surface area contributed by atoms with Crippen molar-refractivity contribution >= 4 is 16.4 Å². The number of pyridine rings is 3. The van der Waals surface area contributed by atoms with Gasteiger partial charge in [-0.15, -0.1) is 0 Å². The van der Waals surface area contributed by atoms with Crippen LogP contribution in [-0.2, 0) is 6.54 Å². The quantitative estimate of drug-likeness (QED) is 0.423. The number of ether oxygens (including phenoxy) is 2. The highest BCUT2D eigenvalue weighted by atomic mass is 16.5. The minimum Gasteiger partial charge on any atom is -0.493 e. The Kier molecular flexibility index (Phi) is 4.86. The molecule has 0 atom stereocenters. The average Bonchev–Trinajstić information content (AvgIpc) is 3.21. The molecule has 0 saturated carbocycles. The number of methoxy groups -OCH3 is 2. The summed E-state index contributed by atoms with van der Waals surface area (Å²) < 4.78 is 14.4. The van der Waals surface area contributed by atoms with Crippen LogP contribution in [0.25, 0.3) is 27.5 Å². The Morgan fingerprint density at radius 1 is 0.938 bits per heavy atom. The van der Waals surface area contributed by atoms with Crippen LogP contribution in [0.15, 0.2) is 72.2 Å². The van der Waals surface area contributed by atoms with Gasteiger partial charge in [-0.3, -0.25) is 9.78 Å². The Morgan fingerprint density at radius 3 is 2.59 bits per heavy atom. The molecule has 0 amide bonds. The van der Waals surface area contributed by atoms with Crippen LogP contribution in [0.3, 0.4) is 0 Å². The highest BCUT2D eigenvalue weighted by Gasteiger charge is 2.13. The fourth-order valence-electron chi connectivity index (χ4n) is 3.97. The van der Waals surface area contributed by atoms with Gasteiger partial charge in [-0.05, 0) is 47.7 Å². The molecule has 32 heavy (non-hydrogen) atoms. The van der Waals surface area contributed by atoms with E-state index in [2.05, 4.69) is 9.97 Å². The van der Waals surface area contributed by atoms with Gasteiger partial charge in [0.05, 0.1) is 31.8 Å². The molecule has 160 valence electrons. The summed E-state index contributed by atoms with van der Waals surface area (Å²) in [5, 5.41) is 1.39. The van der Waals surface area contributed by atoms with E-state index in [0.717, 1.165) is 33.4 Å². The standard InChI is InChI=1S/C25H22N4O3/c1-16-4-7-24-27-18(15-29(24)13-16)14-28-9-8-19-20(11-26-12-21(19)25(28)30)17-5-6-22(31-2)23(10-17)32-3/h4-13,15H,14H2,1-3H3. The van der Waals surface area contributed by atoms with Crippen LogP contribution in [-0.4, -0.2) is 33.2 Å². The Balaban J connectivity index is 1.57. The van der Waals surface area contributed by atoms with Crippen LogP contribution < -0.4 is 15.0 Å². The Labute approximate surface area is 184 Å². The number of hydrogen-bond donors (Lipinski definition) is 0. The second-order valence-corrected chi connectivity index (χ2v) is 7.67. The van der Waals surface area contributed by atoms with Crippen molar-refractivity contribution in [3.63, 3.8) is 0 Å². The normalized spacial score (nSPS) is 11.2. The summed E-state index contributed by atoms with van der Waals surface area (Å²) in [6, 6.07) is 11.6. The second-order valence-electron chi connectivity index (χ2n) is 7.67. The van der Waals surface area contributed by atoms with Crippen molar-refractivity contribution in [3.05, 3.63) is 89.0 Å². The second kappa shape index (κ2) is 7.85. The van der Waals surface area contributed by atoms with Gasteiger partial charge < -0.3 is 18.4 Å². The monoisotopic (exact) mass is 426 g/mol. The van der Waals surface area contributed by atoms with Crippen molar-refractivity contribution < 1.29 is 9.47 Å². The van der Waals surface area contributed by atoms with Crippen LogP contribution in [0.2, 0.25) is 0 Å². The maximum atomic E-state index is 13.3. The number of rotatable bonds is 5. The van der Waals surface area contributed by atoms with Crippen molar-refractivity contribution in [2.24, 2.45) is 0 Å². The van der Waals surface area contributed by atoms with Crippen molar-refractivity contribution in [1.82, 2.24) is 18.9 Å². The number of imidazole rings is 1. The van der Waals surface area contributed by atoms with Crippen LogP contribution in [0.4, 0.5) is 0 Å². The molecule has 0 aliphatic heterocycles. The smallest absolute Gasteiger partial charge is 0.260 e. The van der Waals surface area contributed by atoms with E-state index in [1.807, 2.05) is 66.3 Å². The maximum absolute atomic E-state index is 13.3. The molecule has 0 fully saturated rings. The predicted octanol–water partition coefficient (Wildman–Crippen LogP) is 4.09. The molecule has 5 rings (SSSR count). The largest absolute Gasteiger partial charge is 0.493 e. The first-order valence-corrected chi connectivity index (χ1v) is 10.2. The predicted molar refractivity (Wildman–Crippen MR) is 124 cm³/mol. The Bertz CT molecular complexity index is 1520. The van der Waals surface area contributed by atoms with E-state index in [9.17, 15) is 4.79 Å². The van der Waals surface area contributed by atoms with Gasteiger partial charge in [-0.2, -0.15) is 0 Å². The third-order valence-electron chi connectivity index (χ3n) is 5.58. The van der Waals surface area contributed by atoms with Gasteiger partial charge in [0.25, 0.3) is 5.56 Å². The molecule has 0 saturated heterocycles. The molecule has 0 radical (unpaired) electrons. The minimum atomic E-state index is -0.106. The lowest BCUT2D eigenvalue weighted by molar-refractivity contribution is 0.355. The van der Waals surface area contributed by atoms with Gasteiger partial charge in [0.2, 0.25) is 0 Å². The van der Waals surface area contributed by atoms with Crippen LogP contribution in [0.1, 0.15) is 11.3 Å². The summed E-state index contributed by atoms with van der Waals surface area (Å²) in [4.78, 5) is 22.2. The molecule has 0 unspecified atom stereocenters. The lowest BCUT2D eigenvalue weighted by atomic mass is 10.0. The maximum Gasteiger partial charge on any atom is 0.260 e. The summed E-state index contributed by atoms with van der Waals surface area (Å²) in [5.41, 5.74) is 4.48. The van der Waals surface area contributed by atoms with Gasteiger partial charge in [0.15, 0.2) is 11.5 Å². The van der Waals surface area contributed by atoms with E-state index in [4.69, 9.17) is 9.47 Å². The van der Waals surface area contributed by atoms with Crippen molar-refractivity contribution in [2.75, 3.05) is 14.2 Å². The number of hydrogen-bond acceptors (Lipinski definition) is 5. The number of benzene rings is 1. The molecule has 0 bridgehead atoms. The van der Waals surface area contributed by atoms with E-state index in [0.29, 0.717) is 23.4 Å². The van der Waals surface area contributed by atoms with E-state index in [1.165, 1.54) is 0 Å². The highest BCUT2D eigenvalue weighted by molar-refractivity contribution is 5.95. The lowest BCUT2D eigenvalue weighted by Crippen LogP contribution is -2.20. The third kappa shape index (κ3) is 3.37. The molecule has 0 N–H and O–H groups in total. The molecule has 5 aromatic rings. The topological polar surface area (TPSA) is 70.7 Å². The first kappa shape index (κ1) is 19.8. The van der Waals surface area contributed by atoms with Crippen molar-refractivity contribution in [1.29, 1.82) is 0 Å². The molecule has 7 heteroatoms. The molecule has 0 spiro atoms. The fraction of sp³-hybridized carbons (Fsp3) is 0.160. The van der Waals surface area contributed by atoms with Gasteiger partial charge in [0.1, 0.15) is 5.65 Å². The number of nitrogens with zero attached hydrogens (tertiary/aromatic N) is 4. The van der Waals surface area contributed by atoms with Crippen molar-refractivity contribution in [2.45, 2.75) is 13.5 Å². The minimum absolute atomic E-state index is 0.106. The average molecular weight is 426 g/mol. The summed E-state index contributed by atoms with van der Waals surface area (Å²) in [7, 11) is 3.20. The SMILES string of the molecule is COc1ccc(-c2cncc3c(=O)n(Cc4cn5cc(C)ccc5n4)ccc23)cc1OC. The lowest BCUT2D eigenvalue weighted by Gasteiger charge is -2.12. The zero-order chi connectivity index (χ0) is 22.2. The number of fused-ring (bicyclic) bond motifs is 2. The molecule has 7 nitrogen and oxygen atoms in total. The molecule has 4 heterocycles. The molecule has 1 aromatic carbocycles. The van der Waals surface area contributed by atoms with E-state index < -0.39 is 0 Å². The first-order valence-electron chi connectivity index (χ1n) is 10.2. The zero-order valence-corrected chi connectivity index (χ0v) is 18.1. The third-order valence-corrected chi connectivity index (χ3v) is 5.58. The van der Waals surface area contributed by atoms with Gasteiger partial charge in [-0.1, -0.05) is 12.1 Å². The van der Waals surface area contributed by atoms with Crippen LogP contribution in [0.5, 0.6) is 11.5 Å². The van der Waals surface area contributed by atoms with Crippen molar-refractivity contribution in [3.8, 4) is 22.6 Å². The highest BCUT2D eigenvalue weighted by Crippen LogP contribution is 2.34. The van der Waals surface area contributed by atoms with Gasteiger partial charge in [0, 0.05) is 36.5 Å². The number of aryl methyl sites for hydroxylation is 1. The van der Waals surface area contributed by atoms with Crippen LogP contribution in [0, 0.1) is 6.92 Å². The molecular weight excluding hydrogens is 404 g/mol. The zero-order valence-electron chi connectivity index (χ0n) is 18.1. The molecule has 0 aliphatic rings. The number of aromatic nitrogens is 4. The fourth-order valence-corrected chi connectivity index (χ4v) is 3.97. The van der Waals surface area contributed by atoms with Gasteiger partial charge in [-0.25, -0.2) is 4.98 Å². The molecule has 0 aliphatic carbocycles. The Morgan fingerprint density at radius 2 is 1.78 bits per heavy atom. The summed E-state index contributed by atoms with van der Waals surface area (Å²) in [5.74, 6) is 1.27. The van der Waals surface area contributed by atoms with E-state index in [1.54, 1.807) is 31.2 Å².